The highest BCUT2D eigenvalue weighted by Crippen LogP contribution is 2.45. The predicted molar refractivity (Wildman–Crippen MR) is 70.8 cm³/mol. The zero-order valence-electron chi connectivity index (χ0n) is 10.4. The minimum absolute atomic E-state index is 0.0834. The van der Waals surface area contributed by atoms with Crippen LogP contribution in [0.2, 0.25) is 0 Å². The van der Waals surface area contributed by atoms with Crippen LogP contribution in [0.25, 0.3) is 0 Å². The third-order valence-corrected chi connectivity index (χ3v) is 4.60. The lowest BCUT2D eigenvalue weighted by atomic mass is 9.94. The van der Waals surface area contributed by atoms with Gasteiger partial charge in [-0.15, -0.1) is 0 Å². The van der Waals surface area contributed by atoms with Gasteiger partial charge in [0.1, 0.15) is 11.4 Å². The third kappa shape index (κ3) is 1.72. The van der Waals surface area contributed by atoms with Crippen molar-refractivity contribution in [2.24, 2.45) is 0 Å². The highest BCUT2D eigenvalue weighted by Gasteiger charge is 2.34. The van der Waals surface area contributed by atoms with Crippen LogP contribution >= 0.6 is 21.7 Å². The highest BCUT2D eigenvalue weighted by molar-refractivity contribution is 8.21. The molecule has 0 atom stereocenters. The SMILES string of the molecule is Cc1c(C)c(SCl)c(C)c2c1OC(C)(C)C2. The van der Waals surface area contributed by atoms with E-state index in [0.29, 0.717) is 0 Å². The van der Waals surface area contributed by atoms with Crippen LogP contribution in [-0.2, 0) is 6.42 Å². The summed E-state index contributed by atoms with van der Waals surface area (Å²) in [6.45, 7) is 10.6. The minimum atomic E-state index is -0.0834. The first-order chi connectivity index (χ1) is 7.37. The van der Waals surface area contributed by atoms with E-state index in [9.17, 15) is 0 Å². The number of benzene rings is 1. The Morgan fingerprint density at radius 1 is 1.12 bits per heavy atom. The first-order valence-corrected chi connectivity index (χ1v) is 7.12. The molecule has 0 amide bonds. The Labute approximate surface area is 106 Å². The summed E-state index contributed by atoms with van der Waals surface area (Å²) in [7, 11) is 7.28. The molecule has 0 N–H and O–H groups in total. The van der Waals surface area contributed by atoms with E-state index in [0.717, 1.165) is 12.2 Å². The molecule has 1 aromatic carbocycles. The topological polar surface area (TPSA) is 9.23 Å². The van der Waals surface area contributed by atoms with Crippen LogP contribution in [0.4, 0.5) is 0 Å². The van der Waals surface area contributed by atoms with Gasteiger partial charge in [-0.05, 0) is 73.0 Å². The summed E-state index contributed by atoms with van der Waals surface area (Å²) in [5.41, 5.74) is 5.00. The van der Waals surface area contributed by atoms with Gasteiger partial charge in [0.25, 0.3) is 0 Å². The van der Waals surface area contributed by atoms with E-state index in [1.165, 1.54) is 38.1 Å². The van der Waals surface area contributed by atoms with Gasteiger partial charge >= 0.3 is 0 Å². The maximum atomic E-state index is 6.03. The van der Waals surface area contributed by atoms with E-state index < -0.39 is 0 Å². The Morgan fingerprint density at radius 3 is 2.31 bits per heavy atom. The molecule has 0 radical (unpaired) electrons. The van der Waals surface area contributed by atoms with Crippen LogP contribution < -0.4 is 4.74 Å². The molecule has 88 valence electrons. The number of hydrogen-bond donors (Lipinski definition) is 0. The zero-order valence-corrected chi connectivity index (χ0v) is 12.0. The number of halogens is 1. The smallest absolute Gasteiger partial charge is 0.126 e. The van der Waals surface area contributed by atoms with Gasteiger partial charge in [0.15, 0.2) is 0 Å². The fraction of sp³-hybridized carbons (Fsp3) is 0.538. The van der Waals surface area contributed by atoms with Crippen molar-refractivity contribution in [1.29, 1.82) is 0 Å². The lowest BCUT2D eigenvalue weighted by Gasteiger charge is -2.18. The molecule has 1 heterocycles. The van der Waals surface area contributed by atoms with Crippen molar-refractivity contribution < 1.29 is 4.74 Å². The van der Waals surface area contributed by atoms with Crippen LogP contribution in [-0.4, -0.2) is 5.60 Å². The van der Waals surface area contributed by atoms with Gasteiger partial charge in [-0.2, -0.15) is 0 Å². The largest absolute Gasteiger partial charge is 0.487 e. The van der Waals surface area contributed by atoms with Gasteiger partial charge in [0, 0.05) is 16.9 Å². The van der Waals surface area contributed by atoms with Crippen molar-refractivity contribution in [2.45, 2.75) is 51.5 Å². The molecule has 0 saturated heterocycles. The number of hydrogen-bond acceptors (Lipinski definition) is 2. The van der Waals surface area contributed by atoms with E-state index in [4.69, 9.17) is 15.4 Å². The summed E-state index contributed by atoms with van der Waals surface area (Å²) in [6.07, 6.45) is 0.972. The molecule has 2 rings (SSSR count). The van der Waals surface area contributed by atoms with Crippen molar-refractivity contribution in [2.75, 3.05) is 0 Å². The molecule has 1 aliphatic rings. The first kappa shape index (κ1) is 12.1. The average Bonchev–Trinajstić information content (AvgIpc) is 2.52. The monoisotopic (exact) mass is 256 g/mol. The predicted octanol–water partition coefficient (Wildman–Crippen LogP) is 4.57. The number of rotatable bonds is 1. The van der Waals surface area contributed by atoms with Crippen LogP contribution in [0.3, 0.4) is 0 Å². The van der Waals surface area contributed by atoms with Crippen molar-refractivity contribution in [3.63, 3.8) is 0 Å². The third-order valence-electron chi connectivity index (χ3n) is 3.37. The van der Waals surface area contributed by atoms with Crippen LogP contribution in [0, 0.1) is 20.8 Å². The van der Waals surface area contributed by atoms with E-state index in [-0.39, 0.29) is 5.60 Å². The normalized spacial score (nSPS) is 17.1. The van der Waals surface area contributed by atoms with Crippen molar-refractivity contribution in [1.82, 2.24) is 0 Å². The van der Waals surface area contributed by atoms with Gasteiger partial charge in [0.2, 0.25) is 0 Å². The summed E-state index contributed by atoms with van der Waals surface area (Å²) in [6, 6.07) is 0. The molecule has 0 fully saturated rings. The van der Waals surface area contributed by atoms with Gasteiger partial charge < -0.3 is 4.74 Å². The first-order valence-electron chi connectivity index (χ1n) is 5.47. The Morgan fingerprint density at radius 2 is 1.75 bits per heavy atom. The fourth-order valence-electron chi connectivity index (χ4n) is 2.36. The van der Waals surface area contributed by atoms with Crippen molar-refractivity contribution in [3.05, 3.63) is 22.3 Å². The van der Waals surface area contributed by atoms with E-state index in [1.54, 1.807) is 0 Å². The van der Waals surface area contributed by atoms with Crippen LogP contribution in [0.5, 0.6) is 5.75 Å². The highest BCUT2D eigenvalue weighted by atomic mass is 35.7. The standard InChI is InChI=1S/C13H17ClOS/c1-7-8(2)12(16-14)9(3)10-6-13(4,5)15-11(7)10/h6H2,1-5H3. The Balaban J connectivity index is 2.68. The fourth-order valence-corrected chi connectivity index (χ4v) is 3.56. The van der Waals surface area contributed by atoms with Crippen molar-refractivity contribution in [3.8, 4) is 5.75 Å². The molecule has 16 heavy (non-hydrogen) atoms. The van der Waals surface area contributed by atoms with Gasteiger partial charge in [0.05, 0.1) is 0 Å². The number of fused-ring (bicyclic) bond motifs is 1. The molecular formula is C13H17ClOS. The molecule has 0 aromatic heterocycles. The lowest BCUT2D eigenvalue weighted by Crippen LogP contribution is -2.24. The molecule has 0 saturated carbocycles. The summed E-state index contributed by atoms with van der Waals surface area (Å²) in [5, 5.41) is 0. The minimum Gasteiger partial charge on any atom is -0.487 e. The van der Waals surface area contributed by atoms with E-state index >= 15 is 0 Å². The molecule has 1 aromatic rings. The Bertz CT molecular complexity index is 452. The lowest BCUT2D eigenvalue weighted by molar-refractivity contribution is 0.137. The molecule has 0 aliphatic carbocycles. The Hall–Kier alpha value is -0.340. The van der Waals surface area contributed by atoms with Crippen LogP contribution in [0.1, 0.15) is 36.1 Å². The van der Waals surface area contributed by atoms with Crippen LogP contribution in [0.15, 0.2) is 4.90 Å². The summed E-state index contributed by atoms with van der Waals surface area (Å²) in [4.78, 5) is 1.19. The molecule has 3 heteroatoms. The zero-order chi connectivity index (χ0) is 12.1. The second-order valence-corrected chi connectivity index (χ2v) is 6.15. The average molecular weight is 257 g/mol. The molecule has 0 unspecified atom stereocenters. The summed E-state index contributed by atoms with van der Waals surface area (Å²) in [5.74, 6) is 1.08. The van der Waals surface area contributed by atoms with E-state index in [2.05, 4.69) is 34.6 Å². The van der Waals surface area contributed by atoms with Gasteiger partial charge in [-0.3, -0.25) is 0 Å². The summed E-state index contributed by atoms with van der Waals surface area (Å²) < 4.78 is 6.03. The second-order valence-electron chi connectivity index (χ2n) is 5.13. The van der Waals surface area contributed by atoms with Gasteiger partial charge in [-0.25, -0.2) is 0 Å². The quantitative estimate of drug-likeness (QED) is 0.728. The molecule has 1 nitrogen and oxygen atoms in total. The van der Waals surface area contributed by atoms with E-state index in [1.807, 2.05) is 0 Å². The molecule has 1 aliphatic heterocycles. The maximum absolute atomic E-state index is 6.03. The Kier molecular flexibility index (Phi) is 2.92. The van der Waals surface area contributed by atoms with Gasteiger partial charge in [-0.1, -0.05) is 0 Å². The second kappa shape index (κ2) is 3.85. The molecule has 0 spiro atoms. The maximum Gasteiger partial charge on any atom is 0.126 e. The summed E-state index contributed by atoms with van der Waals surface area (Å²) >= 11 is 0. The molecular weight excluding hydrogens is 240 g/mol. The molecule has 0 bridgehead atoms. The van der Waals surface area contributed by atoms with Crippen molar-refractivity contribution >= 4 is 21.7 Å². The number of ether oxygens (including phenoxy) is 1.